The summed E-state index contributed by atoms with van der Waals surface area (Å²) in [5, 5.41) is 4.12. The number of carbonyl (C=O) groups is 1. The number of ketones is 1. The Morgan fingerprint density at radius 2 is 1.96 bits per heavy atom. The van der Waals surface area contributed by atoms with Crippen LogP contribution in [0, 0.1) is 13.8 Å². The van der Waals surface area contributed by atoms with Crippen molar-refractivity contribution in [1.29, 1.82) is 0 Å². The summed E-state index contributed by atoms with van der Waals surface area (Å²) in [6.45, 7) is 3.16. The van der Waals surface area contributed by atoms with Crippen LogP contribution < -0.4 is 4.74 Å². The van der Waals surface area contributed by atoms with E-state index in [4.69, 9.17) is 21.1 Å². The van der Waals surface area contributed by atoms with Crippen molar-refractivity contribution in [2.75, 3.05) is 20.2 Å². The molecule has 0 bridgehead atoms. The number of halogens is 1. The third-order valence-corrected chi connectivity index (χ3v) is 5.54. The van der Waals surface area contributed by atoms with E-state index in [2.05, 4.69) is 5.10 Å². The van der Waals surface area contributed by atoms with Gasteiger partial charge in [-0.25, -0.2) is 13.1 Å². The Bertz CT molecular complexity index is 934. The summed E-state index contributed by atoms with van der Waals surface area (Å²) in [5.74, 6) is -0.166. The zero-order valence-electron chi connectivity index (χ0n) is 14.6. The molecular weight excluding hydrogens is 368 g/mol. The van der Waals surface area contributed by atoms with Gasteiger partial charge in [-0.3, -0.25) is 4.79 Å². The minimum atomic E-state index is -3.46. The molecule has 2 rings (SSSR count). The predicted molar refractivity (Wildman–Crippen MR) is 93.2 cm³/mol. The number of methoxy groups -OCH3 is 1. The Balaban J connectivity index is 2.59. The molecule has 0 saturated carbocycles. The van der Waals surface area contributed by atoms with Gasteiger partial charge >= 0.3 is 0 Å². The summed E-state index contributed by atoms with van der Waals surface area (Å²) in [4.78, 5) is 13.1. The Morgan fingerprint density at radius 3 is 2.52 bits per heavy atom. The number of nitrogens with zero attached hydrogens (tertiary/aromatic N) is 2. The van der Waals surface area contributed by atoms with Crippen molar-refractivity contribution in [3.05, 3.63) is 39.5 Å². The highest BCUT2D eigenvalue weighted by molar-refractivity contribution is 7.90. The highest BCUT2D eigenvalue weighted by Crippen LogP contribution is 2.33. The first-order valence-corrected chi connectivity index (χ1v) is 9.54. The van der Waals surface area contributed by atoms with Crippen LogP contribution in [0.1, 0.15) is 27.0 Å². The summed E-state index contributed by atoms with van der Waals surface area (Å²) in [6.07, 6.45) is 2.48. The zero-order valence-corrected chi connectivity index (χ0v) is 16.2. The van der Waals surface area contributed by atoms with Gasteiger partial charge < -0.3 is 9.47 Å². The third-order valence-electron chi connectivity index (χ3n) is 3.68. The van der Waals surface area contributed by atoms with Crippen LogP contribution in [0.3, 0.4) is 0 Å². The van der Waals surface area contributed by atoms with Gasteiger partial charge in [0, 0.05) is 26.0 Å². The maximum atomic E-state index is 12.9. The first kappa shape index (κ1) is 19.4. The van der Waals surface area contributed by atoms with E-state index in [0.717, 1.165) is 6.26 Å². The summed E-state index contributed by atoms with van der Waals surface area (Å²) >= 11 is 6.31. The van der Waals surface area contributed by atoms with Crippen molar-refractivity contribution >= 4 is 27.2 Å². The van der Waals surface area contributed by atoms with Gasteiger partial charge in [0.25, 0.3) is 0 Å². The molecule has 0 N–H and O–H groups in total. The highest BCUT2D eigenvalue weighted by Gasteiger charge is 2.26. The Hall–Kier alpha value is -1.90. The number of hydrogen-bond acceptors (Lipinski definition) is 6. The lowest BCUT2D eigenvalue weighted by Crippen LogP contribution is -2.11. The van der Waals surface area contributed by atoms with Gasteiger partial charge in [0.15, 0.2) is 16.6 Å². The highest BCUT2D eigenvalue weighted by atomic mass is 35.5. The molecule has 25 heavy (non-hydrogen) atoms. The second-order valence-electron chi connectivity index (χ2n) is 5.65. The van der Waals surface area contributed by atoms with E-state index in [9.17, 15) is 13.2 Å². The molecule has 7 nitrogen and oxygen atoms in total. The first-order chi connectivity index (χ1) is 11.6. The number of aryl methyl sites for hydroxylation is 2. The molecule has 0 aliphatic rings. The van der Waals surface area contributed by atoms with Gasteiger partial charge in [-0.15, -0.1) is 0 Å². The molecule has 0 amide bonds. The molecule has 0 spiro atoms. The van der Waals surface area contributed by atoms with Crippen LogP contribution in [0.15, 0.2) is 17.2 Å². The number of benzene rings is 1. The lowest BCUT2D eigenvalue weighted by molar-refractivity contribution is 0.0441. The monoisotopic (exact) mass is 386 g/mol. The van der Waals surface area contributed by atoms with Crippen molar-refractivity contribution in [2.24, 2.45) is 7.05 Å². The SMILES string of the molecule is COCOc1c(C(=O)c2cc(C)c(S(C)(=O)=O)c(C)c2Cl)cnn1C. The van der Waals surface area contributed by atoms with E-state index in [-0.39, 0.29) is 33.7 Å². The normalized spacial score (nSPS) is 11.6. The predicted octanol–water partition coefficient (Wildman–Crippen LogP) is 2.31. The molecule has 0 unspecified atom stereocenters. The van der Waals surface area contributed by atoms with Gasteiger partial charge in [0.1, 0.15) is 5.56 Å². The van der Waals surface area contributed by atoms with E-state index in [1.54, 1.807) is 20.9 Å². The van der Waals surface area contributed by atoms with Crippen LogP contribution in [0.25, 0.3) is 0 Å². The summed E-state index contributed by atoms with van der Waals surface area (Å²) in [7, 11) is -0.368. The fourth-order valence-electron chi connectivity index (χ4n) is 2.69. The van der Waals surface area contributed by atoms with Gasteiger partial charge in [-0.1, -0.05) is 11.6 Å². The van der Waals surface area contributed by atoms with E-state index in [0.29, 0.717) is 11.1 Å². The van der Waals surface area contributed by atoms with Crippen molar-refractivity contribution in [3.8, 4) is 5.88 Å². The molecule has 0 aliphatic carbocycles. The average molecular weight is 387 g/mol. The Morgan fingerprint density at radius 1 is 1.32 bits per heavy atom. The van der Waals surface area contributed by atoms with E-state index < -0.39 is 15.6 Å². The minimum absolute atomic E-state index is 0.0430. The molecule has 0 radical (unpaired) electrons. The number of sulfone groups is 1. The lowest BCUT2D eigenvalue weighted by atomic mass is 10.0. The van der Waals surface area contributed by atoms with Crippen LogP contribution >= 0.6 is 11.6 Å². The molecule has 9 heteroatoms. The fourth-order valence-corrected chi connectivity index (χ4v) is 4.28. The van der Waals surface area contributed by atoms with Gasteiger partial charge in [-0.2, -0.15) is 5.10 Å². The molecule has 0 saturated heterocycles. The number of hydrogen-bond donors (Lipinski definition) is 0. The molecule has 0 atom stereocenters. The van der Waals surface area contributed by atoms with Crippen LogP contribution in [0.2, 0.25) is 5.02 Å². The Labute approximate surface area is 151 Å². The molecule has 1 aromatic carbocycles. The maximum absolute atomic E-state index is 12.9. The van der Waals surface area contributed by atoms with Crippen molar-refractivity contribution in [2.45, 2.75) is 18.7 Å². The number of rotatable bonds is 6. The van der Waals surface area contributed by atoms with Gasteiger partial charge in [-0.05, 0) is 31.0 Å². The number of carbonyl (C=O) groups excluding carboxylic acids is 1. The molecular formula is C16H19ClN2O5S. The van der Waals surface area contributed by atoms with Crippen molar-refractivity contribution < 1.29 is 22.7 Å². The standard InChI is InChI=1S/C16H19ClN2O5S/c1-9-6-11(13(17)10(2)15(9)25(5,21)22)14(20)12-7-18-19(3)16(12)24-8-23-4/h6-7H,8H2,1-5H3. The summed E-state index contributed by atoms with van der Waals surface area (Å²) in [5.41, 5.74) is 1.21. The fraction of sp³-hybridized carbons (Fsp3) is 0.375. The average Bonchev–Trinajstić information content (AvgIpc) is 2.87. The summed E-state index contributed by atoms with van der Waals surface area (Å²) in [6, 6.07) is 1.47. The molecule has 0 fully saturated rings. The molecule has 1 heterocycles. The molecule has 0 aliphatic heterocycles. The maximum Gasteiger partial charge on any atom is 0.225 e. The first-order valence-electron chi connectivity index (χ1n) is 7.27. The van der Waals surface area contributed by atoms with Gasteiger partial charge in [0.05, 0.1) is 16.1 Å². The smallest absolute Gasteiger partial charge is 0.225 e. The Kier molecular flexibility index (Phi) is 5.55. The van der Waals surface area contributed by atoms with E-state index >= 15 is 0 Å². The van der Waals surface area contributed by atoms with Crippen LogP contribution in [0.5, 0.6) is 5.88 Å². The number of ether oxygens (including phenoxy) is 2. The lowest BCUT2D eigenvalue weighted by Gasteiger charge is -2.14. The van der Waals surface area contributed by atoms with E-state index in [1.165, 1.54) is 24.1 Å². The van der Waals surface area contributed by atoms with Gasteiger partial charge in [0.2, 0.25) is 11.7 Å². The van der Waals surface area contributed by atoms with Crippen molar-refractivity contribution in [1.82, 2.24) is 9.78 Å². The zero-order chi connectivity index (χ0) is 18.9. The van der Waals surface area contributed by atoms with Crippen LogP contribution in [0.4, 0.5) is 0 Å². The second-order valence-corrected chi connectivity index (χ2v) is 7.98. The molecule has 2 aromatic rings. The topological polar surface area (TPSA) is 87.5 Å². The quantitative estimate of drug-likeness (QED) is 0.559. The second kappa shape index (κ2) is 7.15. The van der Waals surface area contributed by atoms with E-state index in [1.807, 2.05) is 0 Å². The van der Waals surface area contributed by atoms with Crippen molar-refractivity contribution in [3.63, 3.8) is 0 Å². The molecule has 136 valence electrons. The third kappa shape index (κ3) is 3.70. The minimum Gasteiger partial charge on any atom is -0.450 e. The summed E-state index contributed by atoms with van der Waals surface area (Å²) < 4.78 is 35.6. The largest absolute Gasteiger partial charge is 0.450 e. The van der Waals surface area contributed by atoms with Crippen LogP contribution in [-0.2, 0) is 21.6 Å². The van der Waals surface area contributed by atoms with Crippen LogP contribution in [-0.4, -0.2) is 44.1 Å². The molecule has 1 aromatic heterocycles. The number of aromatic nitrogens is 2.